The topological polar surface area (TPSA) is 35.5 Å². The fourth-order valence-corrected chi connectivity index (χ4v) is 1.99. The lowest BCUT2D eigenvalue weighted by molar-refractivity contribution is 0.0597. The summed E-state index contributed by atoms with van der Waals surface area (Å²) < 4.78 is 10.2. The van der Waals surface area contributed by atoms with Crippen molar-refractivity contribution in [3.05, 3.63) is 53.6 Å². The molecule has 98 valence electrons. The molecule has 0 fully saturated rings. The van der Waals surface area contributed by atoms with E-state index in [1.807, 2.05) is 43.3 Å². The Kier molecular flexibility index (Phi) is 3.85. The van der Waals surface area contributed by atoms with Crippen molar-refractivity contribution in [1.82, 2.24) is 0 Å². The molecule has 0 unspecified atom stereocenters. The number of benzene rings is 2. The van der Waals surface area contributed by atoms with Gasteiger partial charge in [0.2, 0.25) is 0 Å². The van der Waals surface area contributed by atoms with Crippen LogP contribution in [0.2, 0.25) is 0 Å². The maximum Gasteiger partial charge on any atom is 0.341 e. The summed E-state index contributed by atoms with van der Waals surface area (Å²) in [4.78, 5) is 11.7. The highest BCUT2D eigenvalue weighted by Crippen LogP contribution is 2.33. The Morgan fingerprint density at radius 1 is 1.00 bits per heavy atom. The van der Waals surface area contributed by atoms with E-state index in [-0.39, 0.29) is 0 Å². The summed E-state index contributed by atoms with van der Waals surface area (Å²) in [5.74, 6) is 0.143. The summed E-state index contributed by atoms with van der Waals surface area (Å²) in [6, 6.07) is 13.5. The van der Waals surface area contributed by atoms with Crippen LogP contribution in [0.5, 0.6) is 5.75 Å². The minimum atomic E-state index is -0.397. The summed E-state index contributed by atoms with van der Waals surface area (Å²) in [5, 5.41) is 0. The van der Waals surface area contributed by atoms with Crippen LogP contribution in [0.1, 0.15) is 15.9 Å². The molecule has 0 saturated heterocycles. The van der Waals surface area contributed by atoms with Gasteiger partial charge in [0.1, 0.15) is 11.3 Å². The Morgan fingerprint density at radius 2 is 1.68 bits per heavy atom. The Balaban J connectivity index is 2.57. The number of para-hydroxylation sites is 1. The summed E-state index contributed by atoms with van der Waals surface area (Å²) >= 11 is 0. The second kappa shape index (κ2) is 5.57. The molecule has 0 aliphatic carbocycles. The van der Waals surface area contributed by atoms with Gasteiger partial charge in [-0.05, 0) is 18.6 Å². The summed E-state index contributed by atoms with van der Waals surface area (Å²) in [7, 11) is 2.92. The number of esters is 1. The van der Waals surface area contributed by atoms with E-state index in [1.54, 1.807) is 13.2 Å². The number of ether oxygens (including phenoxy) is 2. The summed E-state index contributed by atoms with van der Waals surface area (Å²) in [6.07, 6.45) is 0. The van der Waals surface area contributed by atoms with Crippen LogP contribution >= 0.6 is 0 Å². The van der Waals surface area contributed by atoms with Crippen LogP contribution in [0.25, 0.3) is 11.1 Å². The average molecular weight is 256 g/mol. The first kappa shape index (κ1) is 13.1. The van der Waals surface area contributed by atoms with Crippen molar-refractivity contribution in [3.63, 3.8) is 0 Å². The molecule has 0 bridgehead atoms. The molecular formula is C16H16O3. The van der Waals surface area contributed by atoms with Crippen molar-refractivity contribution in [2.75, 3.05) is 14.2 Å². The minimum Gasteiger partial charge on any atom is -0.495 e. The van der Waals surface area contributed by atoms with E-state index in [9.17, 15) is 4.79 Å². The Hall–Kier alpha value is -2.29. The van der Waals surface area contributed by atoms with Crippen LogP contribution in [-0.2, 0) is 4.74 Å². The fraction of sp³-hybridized carbons (Fsp3) is 0.188. The zero-order valence-corrected chi connectivity index (χ0v) is 11.3. The number of aryl methyl sites for hydroxylation is 1. The van der Waals surface area contributed by atoms with Gasteiger partial charge in [-0.2, -0.15) is 0 Å². The third-order valence-electron chi connectivity index (χ3n) is 2.99. The lowest BCUT2D eigenvalue weighted by atomic mass is 10.0. The van der Waals surface area contributed by atoms with Gasteiger partial charge in [0.05, 0.1) is 14.2 Å². The zero-order valence-electron chi connectivity index (χ0n) is 11.3. The lowest BCUT2D eigenvalue weighted by Crippen LogP contribution is -2.04. The van der Waals surface area contributed by atoms with E-state index in [4.69, 9.17) is 9.47 Å². The first-order chi connectivity index (χ1) is 9.17. The van der Waals surface area contributed by atoms with Crippen LogP contribution in [0.3, 0.4) is 0 Å². The quantitative estimate of drug-likeness (QED) is 0.789. The van der Waals surface area contributed by atoms with Crippen molar-refractivity contribution in [2.45, 2.75) is 6.92 Å². The van der Waals surface area contributed by atoms with Gasteiger partial charge < -0.3 is 9.47 Å². The molecule has 3 heteroatoms. The van der Waals surface area contributed by atoms with Gasteiger partial charge in [-0.15, -0.1) is 0 Å². The molecule has 0 N–H and O–H groups in total. The van der Waals surface area contributed by atoms with Crippen LogP contribution in [-0.4, -0.2) is 20.2 Å². The molecule has 0 saturated carbocycles. The Morgan fingerprint density at radius 3 is 2.26 bits per heavy atom. The van der Waals surface area contributed by atoms with E-state index >= 15 is 0 Å². The Bertz CT molecular complexity index is 585. The van der Waals surface area contributed by atoms with E-state index in [1.165, 1.54) is 12.7 Å². The largest absolute Gasteiger partial charge is 0.495 e. The van der Waals surface area contributed by atoms with Gasteiger partial charge in [-0.3, -0.25) is 0 Å². The highest BCUT2D eigenvalue weighted by Gasteiger charge is 2.16. The molecule has 0 radical (unpaired) electrons. The van der Waals surface area contributed by atoms with Gasteiger partial charge in [-0.25, -0.2) is 4.79 Å². The molecule has 0 amide bonds. The van der Waals surface area contributed by atoms with Crippen molar-refractivity contribution < 1.29 is 14.3 Å². The van der Waals surface area contributed by atoms with E-state index in [2.05, 4.69) is 0 Å². The molecule has 0 heterocycles. The Labute approximate surface area is 112 Å². The van der Waals surface area contributed by atoms with Crippen molar-refractivity contribution >= 4 is 5.97 Å². The predicted molar refractivity (Wildman–Crippen MR) is 74.5 cm³/mol. The maximum atomic E-state index is 11.7. The van der Waals surface area contributed by atoms with Crippen molar-refractivity contribution in [3.8, 4) is 16.9 Å². The summed E-state index contributed by atoms with van der Waals surface area (Å²) in [5.41, 5.74) is 3.51. The van der Waals surface area contributed by atoms with Gasteiger partial charge in [-0.1, -0.05) is 42.0 Å². The molecule has 19 heavy (non-hydrogen) atoms. The molecule has 2 aromatic rings. The maximum absolute atomic E-state index is 11.7. The van der Waals surface area contributed by atoms with Gasteiger partial charge in [0.15, 0.2) is 0 Å². The van der Waals surface area contributed by atoms with Crippen LogP contribution in [0, 0.1) is 6.92 Å². The number of hydrogen-bond acceptors (Lipinski definition) is 3. The smallest absolute Gasteiger partial charge is 0.341 e. The number of carbonyl (C=O) groups excluding carboxylic acids is 1. The zero-order chi connectivity index (χ0) is 13.8. The molecule has 2 rings (SSSR count). The van der Waals surface area contributed by atoms with Crippen molar-refractivity contribution in [1.29, 1.82) is 0 Å². The van der Waals surface area contributed by atoms with Gasteiger partial charge in [0, 0.05) is 5.56 Å². The van der Waals surface area contributed by atoms with Gasteiger partial charge in [0.25, 0.3) is 0 Å². The third-order valence-corrected chi connectivity index (χ3v) is 2.99. The number of methoxy groups -OCH3 is 2. The fourth-order valence-electron chi connectivity index (χ4n) is 1.99. The second-order valence-corrected chi connectivity index (χ2v) is 4.24. The number of rotatable bonds is 3. The monoisotopic (exact) mass is 256 g/mol. The molecule has 3 nitrogen and oxygen atoms in total. The molecular weight excluding hydrogens is 240 g/mol. The van der Waals surface area contributed by atoms with Crippen LogP contribution < -0.4 is 4.74 Å². The minimum absolute atomic E-state index is 0.397. The molecule has 2 aromatic carbocycles. The van der Waals surface area contributed by atoms with E-state index < -0.39 is 5.97 Å². The highest BCUT2D eigenvalue weighted by molar-refractivity contribution is 5.95. The van der Waals surface area contributed by atoms with Crippen molar-refractivity contribution in [2.24, 2.45) is 0 Å². The average Bonchev–Trinajstić information content (AvgIpc) is 2.46. The third kappa shape index (κ3) is 2.60. The van der Waals surface area contributed by atoms with E-state index in [0.717, 1.165) is 11.1 Å². The normalized spacial score (nSPS) is 10.1. The van der Waals surface area contributed by atoms with Crippen LogP contribution in [0.15, 0.2) is 42.5 Å². The second-order valence-electron chi connectivity index (χ2n) is 4.24. The molecule has 0 atom stereocenters. The molecule has 0 aliphatic rings. The lowest BCUT2D eigenvalue weighted by Gasteiger charge is -2.12. The first-order valence-electron chi connectivity index (χ1n) is 5.99. The SMILES string of the molecule is COC(=O)c1cccc(-c2ccc(C)cc2)c1OC. The summed E-state index contributed by atoms with van der Waals surface area (Å²) in [6.45, 7) is 2.03. The van der Waals surface area contributed by atoms with Crippen LogP contribution in [0.4, 0.5) is 0 Å². The molecule has 0 spiro atoms. The number of hydrogen-bond donors (Lipinski definition) is 0. The predicted octanol–water partition coefficient (Wildman–Crippen LogP) is 3.46. The standard InChI is InChI=1S/C16H16O3/c1-11-7-9-12(10-8-11)13-5-4-6-14(15(13)18-2)16(17)19-3/h4-10H,1-3H3. The first-order valence-corrected chi connectivity index (χ1v) is 5.99. The van der Waals surface area contributed by atoms with Gasteiger partial charge >= 0.3 is 5.97 Å². The highest BCUT2D eigenvalue weighted by atomic mass is 16.5. The molecule has 0 aromatic heterocycles. The van der Waals surface area contributed by atoms with E-state index in [0.29, 0.717) is 11.3 Å². The molecule has 0 aliphatic heterocycles. The number of carbonyl (C=O) groups is 1.